The van der Waals surface area contributed by atoms with Gasteiger partial charge in [-0.05, 0) is 56.2 Å². The molecule has 0 spiro atoms. The second-order valence-corrected chi connectivity index (χ2v) is 7.47. The zero-order valence-corrected chi connectivity index (χ0v) is 17.2. The predicted molar refractivity (Wildman–Crippen MR) is 116 cm³/mol. The molecule has 0 atom stereocenters. The van der Waals surface area contributed by atoms with Crippen molar-refractivity contribution in [1.82, 2.24) is 19.2 Å². The molecular formula is C23H23N5O2. The van der Waals surface area contributed by atoms with Crippen LogP contribution in [-0.4, -0.2) is 25.1 Å². The highest BCUT2D eigenvalue weighted by atomic mass is 16.1. The van der Waals surface area contributed by atoms with E-state index in [1.165, 1.54) is 5.56 Å². The lowest BCUT2D eigenvalue weighted by molar-refractivity contribution is -0.116. The van der Waals surface area contributed by atoms with Crippen molar-refractivity contribution in [1.29, 1.82) is 0 Å². The zero-order valence-electron chi connectivity index (χ0n) is 17.2. The van der Waals surface area contributed by atoms with Crippen LogP contribution in [0.25, 0.3) is 11.3 Å². The molecule has 2 aromatic heterocycles. The number of aromatic nitrogens is 4. The van der Waals surface area contributed by atoms with Crippen molar-refractivity contribution in [2.75, 3.05) is 5.32 Å². The number of nitrogens with zero attached hydrogens (tertiary/aromatic N) is 4. The van der Waals surface area contributed by atoms with E-state index in [0.717, 1.165) is 22.5 Å². The third-order valence-electron chi connectivity index (χ3n) is 5.22. The number of carbonyl (C=O) groups is 1. The van der Waals surface area contributed by atoms with Gasteiger partial charge >= 0.3 is 5.56 Å². The quantitative estimate of drug-likeness (QED) is 0.556. The molecular weight excluding hydrogens is 378 g/mol. The predicted octanol–water partition coefficient (Wildman–Crippen LogP) is 3.38. The summed E-state index contributed by atoms with van der Waals surface area (Å²) in [7, 11) is 0. The molecule has 7 heteroatoms. The molecule has 0 bridgehead atoms. The van der Waals surface area contributed by atoms with E-state index in [9.17, 15) is 9.59 Å². The number of hydrogen-bond donors (Lipinski definition) is 1. The number of nitrogens with one attached hydrogen (secondary N) is 1. The fraction of sp³-hybridized carbons (Fsp3) is 0.217. The van der Waals surface area contributed by atoms with Crippen molar-refractivity contribution in [2.45, 2.75) is 33.6 Å². The average Bonchev–Trinajstić information content (AvgIpc) is 3.15. The van der Waals surface area contributed by atoms with Crippen LogP contribution in [0.5, 0.6) is 0 Å². The van der Waals surface area contributed by atoms with Crippen molar-refractivity contribution in [3.8, 4) is 5.69 Å². The number of anilines is 1. The molecule has 30 heavy (non-hydrogen) atoms. The van der Waals surface area contributed by atoms with Gasteiger partial charge in [0.1, 0.15) is 5.82 Å². The molecule has 0 aliphatic heterocycles. The summed E-state index contributed by atoms with van der Waals surface area (Å²) in [6, 6.07) is 13.5. The smallest absolute Gasteiger partial charge is 0.300 e. The molecule has 4 aromatic rings. The van der Waals surface area contributed by atoms with Crippen molar-refractivity contribution in [2.24, 2.45) is 0 Å². The van der Waals surface area contributed by atoms with Crippen LogP contribution in [0.2, 0.25) is 0 Å². The first-order valence-electron chi connectivity index (χ1n) is 9.82. The summed E-state index contributed by atoms with van der Waals surface area (Å²) in [5.74, 6) is 0.465. The van der Waals surface area contributed by atoms with Crippen LogP contribution in [-0.2, 0) is 11.2 Å². The second kappa shape index (κ2) is 7.94. The molecule has 4 rings (SSSR count). The monoisotopic (exact) mass is 401 g/mol. The van der Waals surface area contributed by atoms with Crippen LogP contribution < -0.4 is 10.9 Å². The number of rotatable bonds is 5. The first-order chi connectivity index (χ1) is 14.4. The number of hydrogen-bond acceptors (Lipinski definition) is 4. The molecule has 0 aliphatic carbocycles. The number of amides is 1. The zero-order chi connectivity index (χ0) is 21.3. The molecule has 0 radical (unpaired) electrons. The lowest BCUT2D eigenvalue weighted by Gasteiger charge is -2.09. The molecule has 7 nitrogen and oxygen atoms in total. The van der Waals surface area contributed by atoms with Crippen molar-refractivity contribution < 1.29 is 4.79 Å². The van der Waals surface area contributed by atoms with Gasteiger partial charge in [0.25, 0.3) is 0 Å². The topological polar surface area (TPSA) is 81.3 Å². The Hall–Kier alpha value is -3.74. The maximum atomic E-state index is 12.9. The van der Waals surface area contributed by atoms with Gasteiger partial charge in [-0.1, -0.05) is 23.8 Å². The third kappa shape index (κ3) is 3.87. The molecule has 1 amide bonds. The Bertz CT molecular complexity index is 1290. The number of benzene rings is 2. The highest BCUT2D eigenvalue weighted by molar-refractivity contribution is 5.90. The van der Waals surface area contributed by atoms with E-state index in [1.54, 1.807) is 21.4 Å². The van der Waals surface area contributed by atoms with E-state index in [4.69, 9.17) is 0 Å². The molecule has 2 aromatic carbocycles. The minimum atomic E-state index is -0.247. The van der Waals surface area contributed by atoms with Gasteiger partial charge in [-0.3, -0.25) is 18.6 Å². The first-order valence-corrected chi connectivity index (χ1v) is 9.82. The van der Waals surface area contributed by atoms with E-state index in [1.807, 2.05) is 63.2 Å². The van der Waals surface area contributed by atoms with Crippen molar-refractivity contribution in [3.05, 3.63) is 87.7 Å². The molecule has 1 N–H and O–H groups in total. The lowest BCUT2D eigenvalue weighted by Crippen LogP contribution is -2.20. The highest BCUT2D eigenvalue weighted by Gasteiger charge is 2.13. The van der Waals surface area contributed by atoms with E-state index in [-0.39, 0.29) is 23.5 Å². The summed E-state index contributed by atoms with van der Waals surface area (Å²) in [4.78, 5) is 25.2. The summed E-state index contributed by atoms with van der Waals surface area (Å²) in [6.45, 7) is 6.04. The van der Waals surface area contributed by atoms with Crippen LogP contribution in [0, 0.1) is 20.8 Å². The Balaban J connectivity index is 1.52. The number of carbonyl (C=O) groups excluding carboxylic acids is 1. The molecule has 0 fully saturated rings. The largest absolute Gasteiger partial charge is 0.326 e. The van der Waals surface area contributed by atoms with Gasteiger partial charge in [0.15, 0.2) is 0 Å². The third-order valence-corrected chi connectivity index (χ3v) is 5.22. The van der Waals surface area contributed by atoms with Crippen LogP contribution in [0.1, 0.15) is 28.9 Å². The Morgan fingerprint density at radius 2 is 1.73 bits per heavy atom. The molecule has 0 unspecified atom stereocenters. The van der Waals surface area contributed by atoms with Crippen LogP contribution in [0.4, 0.5) is 5.69 Å². The standard InChI is InChI=1S/C23H23N5O2/c1-15-4-7-18(8-5-15)24-21(29)11-10-20-25-26-22-23(30)27(12-13-28(20)22)19-9-6-16(2)17(3)14-19/h4-9,12-14H,10-11H2,1-3H3,(H,24,29). The molecule has 0 aliphatic rings. The fourth-order valence-electron chi connectivity index (χ4n) is 3.27. The minimum absolute atomic E-state index is 0.112. The number of fused-ring (bicyclic) bond motifs is 1. The van der Waals surface area contributed by atoms with Gasteiger partial charge in [0, 0.05) is 36.6 Å². The van der Waals surface area contributed by atoms with Gasteiger partial charge in [-0.15, -0.1) is 10.2 Å². The first kappa shape index (κ1) is 19.6. The number of aryl methyl sites for hydroxylation is 4. The minimum Gasteiger partial charge on any atom is -0.326 e. The van der Waals surface area contributed by atoms with Gasteiger partial charge in [0.2, 0.25) is 11.6 Å². The maximum absolute atomic E-state index is 12.9. The van der Waals surface area contributed by atoms with Crippen LogP contribution in [0.15, 0.2) is 59.7 Å². The van der Waals surface area contributed by atoms with Crippen molar-refractivity contribution >= 4 is 17.2 Å². The average molecular weight is 401 g/mol. The second-order valence-electron chi connectivity index (χ2n) is 7.47. The molecule has 0 saturated carbocycles. The fourth-order valence-corrected chi connectivity index (χ4v) is 3.27. The van der Waals surface area contributed by atoms with Gasteiger partial charge in [0.05, 0.1) is 0 Å². The summed E-state index contributed by atoms with van der Waals surface area (Å²) in [6.07, 6.45) is 4.10. The summed E-state index contributed by atoms with van der Waals surface area (Å²) in [5.41, 5.74) is 4.95. The highest BCUT2D eigenvalue weighted by Crippen LogP contribution is 2.14. The normalized spacial score (nSPS) is 11.0. The Morgan fingerprint density at radius 3 is 2.47 bits per heavy atom. The van der Waals surface area contributed by atoms with E-state index in [0.29, 0.717) is 12.2 Å². The Kier molecular flexibility index (Phi) is 5.18. The maximum Gasteiger partial charge on any atom is 0.300 e. The van der Waals surface area contributed by atoms with E-state index >= 15 is 0 Å². The van der Waals surface area contributed by atoms with Gasteiger partial charge in [-0.2, -0.15) is 0 Å². The van der Waals surface area contributed by atoms with Gasteiger partial charge in [-0.25, -0.2) is 0 Å². The lowest BCUT2D eigenvalue weighted by atomic mass is 10.1. The van der Waals surface area contributed by atoms with Gasteiger partial charge < -0.3 is 5.32 Å². The molecule has 2 heterocycles. The van der Waals surface area contributed by atoms with E-state index < -0.39 is 0 Å². The summed E-state index contributed by atoms with van der Waals surface area (Å²) < 4.78 is 3.21. The van der Waals surface area contributed by atoms with Crippen LogP contribution in [0.3, 0.4) is 0 Å². The molecule has 0 saturated heterocycles. The Labute approximate surface area is 174 Å². The summed E-state index contributed by atoms with van der Waals surface area (Å²) >= 11 is 0. The Morgan fingerprint density at radius 1 is 0.967 bits per heavy atom. The van der Waals surface area contributed by atoms with E-state index in [2.05, 4.69) is 15.5 Å². The van der Waals surface area contributed by atoms with Crippen molar-refractivity contribution in [3.63, 3.8) is 0 Å². The SMILES string of the molecule is Cc1ccc(NC(=O)CCc2nnc3c(=O)n(-c4ccc(C)c(C)c4)ccn23)cc1. The summed E-state index contributed by atoms with van der Waals surface area (Å²) in [5, 5.41) is 11.1. The molecule has 152 valence electrons. The van der Waals surface area contributed by atoms with Crippen LogP contribution >= 0.6 is 0 Å².